The number of nitrogens with one attached hydrogen (secondary N) is 1. The molecule has 0 bridgehead atoms. The van der Waals surface area contributed by atoms with Crippen molar-refractivity contribution in [3.63, 3.8) is 0 Å². The first-order valence-electron chi connectivity index (χ1n) is 6.69. The van der Waals surface area contributed by atoms with Gasteiger partial charge in [0.2, 0.25) is 0 Å². The van der Waals surface area contributed by atoms with Crippen LogP contribution in [0.4, 0.5) is 11.6 Å². The van der Waals surface area contributed by atoms with Crippen LogP contribution in [-0.4, -0.2) is 54.6 Å². The molecule has 5 heteroatoms. The van der Waals surface area contributed by atoms with Gasteiger partial charge in [-0.1, -0.05) is 6.92 Å². The summed E-state index contributed by atoms with van der Waals surface area (Å²) in [5.41, 5.74) is 0. The number of aromatic nitrogens is 2. The van der Waals surface area contributed by atoms with Crippen molar-refractivity contribution in [3.8, 4) is 0 Å². The molecule has 1 fully saturated rings. The van der Waals surface area contributed by atoms with Crippen molar-refractivity contribution < 1.29 is 0 Å². The molecule has 100 valence electrons. The molecule has 0 atom stereocenters. The summed E-state index contributed by atoms with van der Waals surface area (Å²) in [5.74, 6) is 1.78. The van der Waals surface area contributed by atoms with E-state index in [0.29, 0.717) is 6.04 Å². The Kier molecular flexibility index (Phi) is 4.36. The van der Waals surface area contributed by atoms with Crippen molar-refractivity contribution in [2.45, 2.75) is 25.8 Å². The average molecular weight is 249 g/mol. The molecule has 0 spiro atoms. The van der Waals surface area contributed by atoms with Crippen LogP contribution in [0.2, 0.25) is 0 Å². The molecule has 1 aromatic heterocycles. The molecule has 1 N–H and O–H groups in total. The Hall–Kier alpha value is -1.36. The molecule has 2 heterocycles. The van der Waals surface area contributed by atoms with Crippen LogP contribution in [0.15, 0.2) is 12.4 Å². The van der Waals surface area contributed by atoms with Gasteiger partial charge in [0.25, 0.3) is 0 Å². The number of hydrogen-bond acceptors (Lipinski definition) is 5. The fourth-order valence-electron chi connectivity index (χ4n) is 2.46. The number of nitrogens with zero attached hydrogens (tertiary/aromatic N) is 4. The highest BCUT2D eigenvalue weighted by molar-refractivity contribution is 5.43. The highest BCUT2D eigenvalue weighted by Gasteiger charge is 2.22. The van der Waals surface area contributed by atoms with Gasteiger partial charge < -0.3 is 15.1 Å². The molecule has 0 aliphatic carbocycles. The molecule has 0 amide bonds. The topological polar surface area (TPSA) is 44.3 Å². The van der Waals surface area contributed by atoms with Gasteiger partial charge in [0, 0.05) is 33.2 Å². The average Bonchev–Trinajstić information content (AvgIpc) is 2.46. The van der Waals surface area contributed by atoms with Gasteiger partial charge in [-0.15, -0.1) is 0 Å². The second-order valence-electron chi connectivity index (χ2n) is 4.79. The summed E-state index contributed by atoms with van der Waals surface area (Å²) < 4.78 is 0. The Morgan fingerprint density at radius 2 is 2.11 bits per heavy atom. The van der Waals surface area contributed by atoms with Crippen LogP contribution in [0, 0.1) is 0 Å². The number of likely N-dealkylation sites (tertiary alicyclic amines) is 1. The number of anilines is 2. The van der Waals surface area contributed by atoms with Gasteiger partial charge >= 0.3 is 0 Å². The summed E-state index contributed by atoms with van der Waals surface area (Å²) in [4.78, 5) is 13.5. The molecule has 2 rings (SSSR count). The molecule has 0 unspecified atom stereocenters. The van der Waals surface area contributed by atoms with Crippen molar-refractivity contribution in [2.24, 2.45) is 0 Å². The zero-order valence-electron chi connectivity index (χ0n) is 11.6. The lowest BCUT2D eigenvalue weighted by Gasteiger charge is -2.36. The van der Waals surface area contributed by atoms with E-state index in [1.54, 1.807) is 6.20 Å². The Balaban J connectivity index is 2.00. The minimum atomic E-state index is 0.578. The first-order chi connectivity index (χ1) is 8.74. The van der Waals surface area contributed by atoms with Gasteiger partial charge in [-0.2, -0.15) is 0 Å². The predicted octanol–water partition coefficient (Wildman–Crippen LogP) is 1.44. The maximum absolute atomic E-state index is 4.54. The van der Waals surface area contributed by atoms with Crippen LogP contribution in [0.25, 0.3) is 0 Å². The zero-order chi connectivity index (χ0) is 13.0. The van der Waals surface area contributed by atoms with E-state index in [1.807, 2.05) is 13.2 Å². The van der Waals surface area contributed by atoms with Gasteiger partial charge in [-0.25, -0.2) is 4.98 Å². The Morgan fingerprint density at radius 3 is 2.72 bits per heavy atom. The van der Waals surface area contributed by atoms with Gasteiger partial charge in [0.15, 0.2) is 0 Å². The lowest BCUT2D eigenvalue weighted by molar-refractivity contribution is 0.220. The van der Waals surface area contributed by atoms with E-state index >= 15 is 0 Å². The zero-order valence-corrected chi connectivity index (χ0v) is 11.6. The van der Waals surface area contributed by atoms with Crippen LogP contribution >= 0.6 is 0 Å². The number of piperidine rings is 1. The molecule has 1 saturated heterocycles. The Morgan fingerprint density at radius 1 is 1.39 bits per heavy atom. The van der Waals surface area contributed by atoms with Crippen molar-refractivity contribution in [2.75, 3.05) is 43.9 Å². The van der Waals surface area contributed by atoms with Gasteiger partial charge in [0.05, 0.1) is 12.4 Å². The second kappa shape index (κ2) is 6.00. The fourth-order valence-corrected chi connectivity index (χ4v) is 2.46. The molecular weight excluding hydrogens is 226 g/mol. The third kappa shape index (κ3) is 2.90. The summed E-state index contributed by atoms with van der Waals surface area (Å²) in [6, 6.07) is 0.578. The third-order valence-electron chi connectivity index (χ3n) is 3.79. The first kappa shape index (κ1) is 13.1. The van der Waals surface area contributed by atoms with Gasteiger partial charge in [0.1, 0.15) is 11.6 Å². The minimum Gasteiger partial charge on any atom is -0.372 e. The smallest absolute Gasteiger partial charge is 0.149 e. The van der Waals surface area contributed by atoms with Crippen LogP contribution in [0.3, 0.4) is 0 Å². The fraction of sp³-hybridized carbons (Fsp3) is 0.692. The predicted molar refractivity (Wildman–Crippen MR) is 75.1 cm³/mol. The molecule has 1 aliphatic rings. The maximum atomic E-state index is 4.54. The van der Waals surface area contributed by atoms with Crippen LogP contribution in [0.1, 0.15) is 19.8 Å². The highest BCUT2D eigenvalue weighted by atomic mass is 15.2. The van der Waals surface area contributed by atoms with Gasteiger partial charge in [-0.3, -0.25) is 4.98 Å². The van der Waals surface area contributed by atoms with Crippen LogP contribution < -0.4 is 10.2 Å². The van der Waals surface area contributed by atoms with Crippen molar-refractivity contribution in [1.29, 1.82) is 0 Å². The number of rotatable bonds is 4. The van der Waals surface area contributed by atoms with E-state index in [9.17, 15) is 0 Å². The van der Waals surface area contributed by atoms with E-state index < -0.39 is 0 Å². The molecule has 18 heavy (non-hydrogen) atoms. The summed E-state index contributed by atoms with van der Waals surface area (Å²) in [6.45, 7) is 5.76. The summed E-state index contributed by atoms with van der Waals surface area (Å²) in [5, 5.41) is 3.03. The molecule has 0 aromatic carbocycles. The second-order valence-corrected chi connectivity index (χ2v) is 4.79. The summed E-state index contributed by atoms with van der Waals surface area (Å²) >= 11 is 0. The summed E-state index contributed by atoms with van der Waals surface area (Å²) in [6.07, 6.45) is 6.00. The van der Waals surface area contributed by atoms with Crippen LogP contribution in [0.5, 0.6) is 0 Å². The largest absolute Gasteiger partial charge is 0.372 e. The lowest BCUT2D eigenvalue weighted by atomic mass is 10.0. The van der Waals surface area contributed by atoms with E-state index in [-0.39, 0.29) is 0 Å². The molecule has 0 radical (unpaired) electrons. The number of hydrogen-bond donors (Lipinski definition) is 1. The van der Waals surface area contributed by atoms with E-state index in [0.717, 1.165) is 18.2 Å². The highest BCUT2D eigenvalue weighted by Crippen LogP contribution is 2.20. The molecule has 5 nitrogen and oxygen atoms in total. The van der Waals surface area contributed by atoms with Crippen molar-refractivity contribution >= 4 is 11.6 Å². The molecule has 1 aliphatic heterocycles. The Bertz CT molecular complexity index is 373. The quantitative estimate of drug-likeness (QED) is 0.874. The Labute approximate surface area is 109 Å². The van der Waals surface area contributed by atoms with E-state index in [1.165, 1.54) is 25.9 Å². The van der Waals surface area contributed by atoms with E-state index in [2.05, 4.69) is 39.1 Å². The standard InChI is InChI=1S/C13H23N5/c1-4-18-7-5-11(6-8-18)17(3)13-10-15-9-12(14-2)16-13/h9-11H,4-8H2,1-3H3,(H,14,16). The molecule has 0 saturated carbocycles. The van der Waals surface area contributed by atoms with E-state index in [4.69, 9.17) is 0 Å². The van der Waals surface area contributed by atoms with Crippen LogP contribution in [-0.2, 0) is 0 Å². The summed E-state index contributed by atoms with van der Waals surface area (Å²) in [7, 11) is 3.99. The first-order valence-corrected chi connectivity index (χ1v) is 6.69. The van der Waals surface area contributed by atoms with Gasteiger partial charge in [-0.05, 0) is 19.4 Å². The lowest BCUT2D eigenvalue weighted by Crippen LogP contribution is -2.43. The third-order valence-corrected chi connectivity index (χ3v) is 3.79. The normalized spacial score (nSPS) is 17.7. The maximum Gasteiger partial charge on any atom is 0.149 e. The molecule has 1 aromatic rings. The van der Waals surface area contributed by atoms with Crippen molar-refractivity contribution in [3.05, 3.63) is 12.4 Å². The SMILES string of the molecule is CCN1CCC(N(C)c2cncc(NC)n2)CC1. The minimum absolute atomic E-state index is 0.578. The monoisotopic (exact) mass is 249 g/mol. The van der Waals surface area contributed by atoms with Crippen molar-refractivity contribution in [1.82, 2.24) is 14.9 Å². The molecular formula is C13H23N5.